The van der Waals surface area contributed by atoms with Crippen LogP contribution in [0.5, 0.6) is 0 Å². The van der Waals surface area contributed by atoms with E-state index in [4.69, 9.17) is 4.74 Å². The first-order valence-corrected chi connectivity index (χ1v) is 8.14. The molecule has 1 heterocycles. The van der Waals surface area contributed by atoms with Gasteiger partial charge in [-0.2, -0.15) is 0 Å². The van der Waals surface area contributed by atoms with Gasteiger partial charge in [0.2, 0.25) is 5.91 Å². The van der Waals surface area contributed by atoms with Gasteiger partial charge in [0, 0.05) is 23.5 Å². The van der Waals surface area contributed by atoms with Crippen LogP contribution in [0.2, 0.25) is 0 Å². The van der Waals surface area contributed by atoms with Crippen LogP contribution in [0.15, 0.2) is 28.7 Å². The maximum atomic E-state index is 12.2. The highest BCUT2D eigenvalue weighted by atomic mass is 79.9. The average molecular weight is 392 g/mol. The van der Waals surface area contributed by atoms with Crippen molar-refractivity contribution in [2.45, 2.75) is 19.3 Å². The first-order valence-electron chi connectivity index (χ1n) is 7.35. The van der Waals surface area contributed by atoms with Crippen LogP contribution < -0.4 is 10.6 Å². The number of benzene rings is 1. The Kier molecular flexibility index (Phi) is 8.39. The van der Waals surface area contributed by atoms with Crippen LogP contribution in [-0.2, 0) is 16.0 Å². The van der Waals surface area contributed by atoms with Crippen LogP contribution in [0.1, 0.15) is 18.4 Å². The molecule has 124 valence electrons. The van der Waals surface area contributed by atoms with Crippen molar-refractivity contribution >= 4 is 34.2 Å². The summed E-state index contributed by atoms with van der Waals surface area (Å²) in [5, 5.41) is 6.44. The largest absolute Gasteiger partial charge is 0.384 e. The number of carbonyl (C=O) groups is 1. The number of methoxy groups -OCH3 is 1. The van der Waals surface area contributed by atoms with E-state index in [2.05, 4.69) is 26.6 Å². The molecule has 2 N–H and O–H groups in total. The minimum Gasteiger partial charge on any atom is -0.384 e. The molecule has 2 rings (SSSR count). The molecule has 4 nitrogen and oxygen atoms in total. The van der Waals surface area contributed by atoms with Crippen LogP contribution in [0, 0.1) is 5.41 Å². The number of nitrogens with one attached hydrogen (secondary N) is 2. The predicted molar refractivity (Wildman–Crippen MR) is 94.5 cm³/mol. The first-order chi connectivity index (χ1) is 10.2. The molecule has 1 aliphatic rings. The second kappa shape index (κ2) is 9.50. The third kappa shape index (κ3) is 5.54. The lowest BCUT2D eigenvalue weighted by molar-refractivity contribution is -0.121. The number of piperidine rings is 1. The van der Waals surface area contributed by atoms with E-state index in [9.17, 15) is 4.79 Å². The van der Waals surface area contributed by atoms with Crippen LogP contribution in [0.25, 0.3) is 0 Å². The van der Waals surface area contributed by atoms with Gasteiger partial charge in [0.1, 0.15) is 0 Å². The molecule has 1 fully saturated rings. The predicted octanol–water partition coefficient (Wildman–Crippen LogP) is 2.55. The summed E-state index contributed by atoms with van der Waals surface area (Å²) in [6.07, 6.45) is 2.48. The van der Waals surface area contributed by atoms with Gasteiger partial charge < -0.3 is 15.4 Å². The minimum absolute atomic E-state index is 0. The summed E-state index contributed by atoms with van der Waals surface area (Å²) in [4.78, 5) is 12.2. The molecular formula is C16H24BrClN2O2. The van der Waals surface area contributed by atoms with Gasteiger partial charge in [-0.3, -0.25) is 4.79 Å². The van der Waals surface area contributed by atoms with Crippen molar-refractivity contribution < 1.29 is 9.53 Å². The van der Waals surface area contributed by atoms with Crippen molar-refractivity contribution in [2.75, 3.05) is 33.4 Å². The molecule has 0 aromatic heterocycles. The van der Waals surface area contributed by atoms with E-state index in [1.165, 1.54) is 0 Å². The summed E-state index contributed by atoms with van der Waals surface area (Å²) in [6.45, 7) is 3.36. The molecular weight excluding hydrogens is 368 g/mol. The number of rotatable bonds is 6. The van der Waals surface area contributed by atoms with Gasteiger partial charge in [-0.25, -0.2) is 0 Å². The number of hydrogen-bond donors (Lipinski definition) is 2. The Bertz CT molecular complexity index is 473. The van der Waals surface area contributed by atoms with E-state index in [-0.39, 0.29) is 23.7 Å². The fourth-order valence-electron chi connectivity index (χ4n) is 2.80. The molecule has 0 saturated carbocycles. The molecule has 0 spiro atoms. The summed E-state index contributed by atoms with van der Waals surface area (Å²) in [6, 6.07) is 7.83. The Balaban J connectivity index is 0.00000242. The van der Waals surface area contributed by atoms with Crippen LogP contribution in [-0.4, -0.2) is 39.3 Å². The zero-order valence-corrected chi connectivity index (χ0v) is 15.3. The molecule has 0 unspecified atom stereocenters. The summed E-state index contributed by atoms with van der Waals surface area (Å²) < 4.78 is 6.35. The van der Waals surface area contributed by atoms with Crippen molar-refractivity contribution in [1.29, 1.82) is 0 Å². The van der Waals surface area contributed by atoms with Crippen molar-refractivity contribution in [3.05, 3.63) is 34.3 Å². The van der Waals surface area contributed by atoms with Gasteiger partial charge >= 0.3 is 0 Å². The molecule has 1 aromatic rings. The van der Waals surface area contributed by atoms with Gasteiger partial charge in [0.05, 0.1) is 13.0 Å². The van der Waals surface area contributed by atoms with Gasteiger partial charge in [-0.15, -0.1) is 12.4 Å². The fraction of sp³-hybridized carbons (Fsp3) is 0.562. The zero-order chi connectivity index (χ0) is 15.1. The highest BCUT2D eigenvalue weighted by molar-refractivity contribution is 9.10. The maximum absolute atomic E-state index is 12.2. The van der Waals surface area contributed by atoms with Crippen molar-refractivity contribution in [1.82, 2.24) is 10.6 Å². The fourth-order valence-corrected chi connectivity index (χ4v) is 3.22. The normalized spacial score (nSPS) is 16.6. The van der Waals surface area contributed by atoms with Crippen LogP contribution in [0.3, 0.4) is 0 Å². The van der Waals surface area contributed by atoms with Gasteiger partial charge in [0.15, 0.2) is 0 Å². The topological polar surface area (TPSA) is 50.4 Å². The van der Waals surface area contributed by atoms with Crippen molar-refractivity contribution in [3.8, 4) is 0 Å². The summed E-state index contributed by atoms with van der Waals surface area (Å²) in [5.41, 5.74) is 1.09. The van der Waals surface area contributed by atoms with Gasteiger partial charge in [0.25, 0.3) is 0 Å². The third-order valence-electron chi connectivity index (χ3n) is 4.08. The number of ether oxygens (including phenoxy) is 1. The highest BCUT2D eigenvalue weighted by Gasteiger charge is 2.32. The second-order valence-electron chi connectivity index (χ2n) is 5.73. The molecule has 0 radical (unpaired) electrons. The van der Waals surface area contributed by atoms with E-state index < -0.39 is 0 Å². The molecule has 1 saturated heterocycles. The number of hydrogen-bond acceptors (Lipinski definition) is 3. The van der Waals surface area contributed by atoms with Crippen LogP contribution >= 0.6 is 28.3 Å². The molecule has 0 atom stereocenters. The zero-order valence-electron chi connectivity index (χ0n) is 12.9. The maximum Gasteiger partial charge on any atom is 0.224 e. The monoisotopic (exact) mass is 390 g/mol. The Morgan fingerprint density at radius 1 is 1.36 bits per heavy atom. The SMILES string of the molecule is COCC1(CNC(=O)Cc2ccccc2Br)CCNCC1.Cl. The molecule has 6 heteroatoms. The Hall–Kier alpha value is -0.620. The number of amides is 1. The average Bonchev–Trinajstić information content (AvgIpc) is 2.49. The van der Waals surface area contributed by atoms with E-state index in [1.54, 1.807) is 7.11 Å². The summed E-state index contributed by atoms with van der Waals surface area (Å²) >= 11 is 3.48. The molecule has 1 aromatic carbocycles. The summed E-state index contributed by atoms with van der Waals surface area (Å²) in [7, 11) is 1.73. The Labute approximate surface area is 146 Å². The Morgan fingerprint density at radius 3 is 2.68 bits per heavy atom. The van der Waals surface area contributed by atoms with E-state index in [0.717, 1.165) is 36.0 Å². The van der Waals surface area contributed by atoms with Gasteiger partial charge in [-0.05, 0) is 37.6 Å². The van der Waals surface area contributed by atoms with E-state index in [1.807, 2.05) is 24.3 Å². The first kappa shape index (κ1) is 19.4. The highest BCUT2D eigenvalue weighted by Crippen LogP contribution is 2.28. The lowest BCUT2D eigenvalue weighted by Crippen LogP contribution is -2.47. The lowest BCUT2D eigenvalue weighted by Gasteiger charge is -2.37. The van der Waals surface area contributed by atoms with Crippen LogP contribution in [0.4, 0.5) is 0 Å². The Morgan fingerprint density at radius 2 is 2.05 bits per heavy atom. The summed E-state index contributed by atoms with van der Waals surface area (Å²) in [5.74, 6) is 0.0657. The smallest absolute Gasteiger partial charge is 0.224 e. The van der Waals surface area contributed by atoms with Crippen molar-refractivity contribution in [3.63, 3.8) is 0 Å². The quantitative estimate of drug-likeness (QED) is 0.783. The van der Waals surface area contributed by atoms with Gasteiger partial charge in [-0.1, -0.05) is 34.1 Å². The lowest BCUT2D eigenvalue weighted by atomic mass is 9.79. The second-order valence-corrected chi connectivity index (χ2v) is 6.58. The standard InChI is InChI=1S/C16H23BrN2O2.ClH/c1-21-12-16(6-8-18-9-7-16)11-19-15(20)10-13-4-2-3-5-14(13)17;/h2-5,18H,6-12H2,1H3,(H,19,20);1H. The van der Waals surface area contributed by atoms with Crippen molar-refractivity contribution in [2.24, 2.45) is 5.41 Å². The van der Waals surface area contributed by atoms with E-state index >= 15 is 0 Å². The molecule has 0 aliphatic carbocycles. The molecule has 1 amide bonds. The number of halogens is 2. The third-order valence-corrected chi connectivity index (χ3v) is 4.86. The minimum atomic E-state index is 0. The van der Waals surface area contributed by atoms with E-state index in [0.29, 0.717) is 19.6 Å². The molecule has 1 aliphatic heterocycles. The number of carbonyl (C=O) groups excluding carboxylic acids is 1. The molecule has 22 heavy (non-hydrogen) atoms. The molecule has 0 bridgehead atoms.